The summed E-state index contributed by atoms with van der Waals surface area (Å²) in [7, 11) is 0. The van der Waals surface area contributed by atoms with Crippen molar-refractivity contribution in [3.05, 3.63) is 57.8 Å². The Bertz CT molecular complexity index is 713. The molecule has 146 valence electrons. The third-order valence-electron chi connectivity index (χ3n) is 4.65. The van der Waals surface area contributed by atoms with E-state index in [1.54, 1.807) is 6.07 Å². The molecule has 0 spiro atoms. The van der Waals surface area contributed by atoms with Crippen molar-refractivity contribution in [2.24, 2.45) is 5.92 Å². The van der Waals surface area contributed by atoms with E-state index in [1.165, 1.54) is 24.2 Å². The van der Waals surface area contributed by atoms with E-state index in [4.69, 9.17) is 0 Å². The Morgan fingerprint density at radius 2 is 1.93 bits per heavy atom. The Labute approximate surface area is 170 Å². The highest BCUT2D eigenvalue weighted by Crippen LogP contribution is 2.13. The summed E-state index contributed by atoms with van der Waals surface area (Å²) in [4.78, 5) is 24.9. The van der Waals surface area contributed by atoms with Crippen LogP contribution in [0.5, 0.6) is 0 Å². The molecule has 1 fully saturated rings. The Balaban J connectivity index is 0.00000261. The number of benzene rings is 1. The van der Waals surface area contributed by atoms with Crippen LogP contribution in [0.25, 0.3) is 0 Å². The maximum Gasteiger partial charge on any atom is 0.261 e. The van der Waals surface area contributed by atoms with Gasteiger partial charge < -0.3 is 16.0 Å². The second-order valence-corrected chi connectivity index (χ2v) is 7.56. The van der Waals surface area contributed by atoms with Crippen molar-refractivity contribution >= 4 is 35.6 Å². The lowest BCUT2D eigenvalue weighted by Gasteiger charge is -2.22. The molecule has 2 amide bonds. The molecule has 1 aliphatic heterocycles. The van der Waals surface area contributed by atoms with Gasteiger partial charge in [0.15, 0.2) is 0 Å². The van der Waals surface area contributed by atoms with Crippen molar-refractivity contribution in [3.63, 3.8) is 0 Å². The zero-order valence-electron chi connectivity index (χ0n) is 15.2. The molecule has 3 rings (SSSR count). The zero-order chi connectivity index (χ0) is 18.2. The molecule has 0 radical (unpaired) electrons. The van der Waals surface area contributed by atoms with E-state index in [0.29, 0.717) is 29.4 Å². The first-order chi connectivity index (χ1) is 12.7. The van der Waals surface area contributed by atoms with Crippen LogP contribution in [0.15, 0.2) is 41.8 Å². The van der Waals surface area contributed by atoms with E-state index in [9.17, 15) is 9.59 Å². The summed E-state index contributed by atoms with van der Waals surface area (Å²) in [6.07, 6.45) is 3.49. The minimum atomic E-state index is -0.0703. The number of hydrogen-bond donors (Lipinski definition) is 3. The molecule has 1 unspecified atom stereocenters. The van der Waals surface area contributed by atoms with E-state index >= 15 is 0 Å². The van der Waals surface area contributed by atoms with E-state index in [0.717, 1.165) is 25.1 Å². The number of halogens is 1. The van der Waals surface area contributed by atoms with Gasteiger partial charge in [0, 0.05) is 18.7 Å². The Hall–Kier alpha value is -1.89. The summed E-state index contributed by atoms with van der Waals surface area (Å²) in [5.41, 5.74) is 1.62. The molecule has 1 aromatic carbocycles. The molecule has 5 nitrogen and oxygen atoms in total. The van der Waals surface area contributed by atoms with Gasteiger partial charge in [-0.3, -0.25) is 9.59 Å². The number of thiophene rings is 1. The minimum absolute atomic E-state index is 0. The third-order valence-corrected chi connectivity index (χ3v) is 5.52. The monoisotopic (exact) mass is 407 g/mol. The fourth-order valence-electron chi connectivity index (χ4n) is 3.11. The number of piperidine rings is 1. The van der Waals surface area contributed by atoms with Crippen molar-refractivity contribution in [2.45, 2.75) is 25.8 Å². The van der Waals surface area contributed by atoms with Crippen molar-refractivity contribution in [1.82, 2.24) is 16.0 Å². The Morgan fingerprint density at radius 1 is 1.11 bits per heavy atom. The first-order valence-electron chi connectivity index (χ1n) is 9.12. The fourth-order valence-corrected chi connectivity index (χ4v) is 3.75. The first-order valence-corrected chi connectivity index (χ1v) is 10.00. The van der Waals surface area contributed by atoms with E-state index < -0.39 is 0 Å². The van der Waals surface area contributed by atoms with Gasteiger partial charge in [-0.05, 0) is 67.4 Å². The van der Waals surface area contributed by atoms with Crippen LogP contribution in [-0.4, -0.2) is 31.4 Å². The number of hydrogen-bond acceptors (Lipinski definition) is 4. The molecule has 27 heavy (non-hydrogen) atoms. The molecule has 1 atom stereocenters. The van der Waals surface area contributed by atoms with Gasteiger partial charge in [-0.15, -0.1) is 23.7 Å². The van der Waals surface area contributed by atoms with Gasteiger partial charge in [-0.2, -0.15) is 0 Å². The average Bonchev–Trinajstić information content (AvgIpc) is 3.22. The highest BCUT2D eigenvalue weighted by Gasteiger charge is 2.13. The quantitative estimate of drug-likeness (QED) is 0.660. The van der Waals surface area contributed by atoms with Crippen LogP contribution in [0.4, 0.5) is 0 Å². The molecule has 1 saturated heterocycles. The van der Waals surface area contributed by atoms with E-state index in [-0.39, 0.29) is 24.2 Å². The number of carbonyl (C=O) groups is 2. The lowest BCUT2D eigenvalue weighted by Crippen LogP contribution is -2.33. The Kier molecular flexibility index (Phi) is 8.78. The van der Waals surface area contributed by atoms with Crippen LogP contribution in [0, 0.1) is 5.92 Å². The Morgan fingerprint density at radius 3 is 2.59 bits per heavy atom. The van der Waals surface area contributed by atoms with Crippen LogP contribution in [-0.2, 0) is 6.54 Å². The lowest BCUT2D eigenvalue weighted by atomic mass is 9.96. The standard InChI is InChI=1S/C20H25N3O2S.ClH/c24-19(22-11-9-15-3-1-10-21-13-15)17-7-5-16(6-8-17)14-23-20(25)18-4-2-12-26-18;/h2,4-8,12,15,21H,1,3,9-11,13-14H2,(H,22,24)(H,23,25);1H. The fraction of sp³-hybridized carbons (Fsp3) is 0.400. The second kappa shape index (κ2) is 11.1. The topological polar surface area (TPSA) is 70.2 Å². The van der Waals surface area contributed by atoms with Crippen LogP contribution in [0.1, 0.15) is 44.9 Å². The molecule has 2 aromatic rings. The minimum Gasteiger partial charge on any atom is -0.352 e. The highest BCUT2D eigenvalue weighted by atomic mass is 35.5. The highest BCUT2D eigenvalue weighted by molar-refractivity contribution is 7.12. The number of rotatable bonds is 7. The van der Waals surface area contributed by atoms with Crippen LogP contribution in [0.3, 0.4) is 0 Å². The SMILES string of the molecule is Cl.O=C(NCCC1CCCNC1)c1ccc(CNC(=O)c2cccs2)cc1. The molecule has 2 heterocycles. The third kappa shape index (κ3) is 6.65. The lowest BCUT2D eigenvalue weighted by molar-refractivity contribution is 0.0943. The molecule has 7 heteroatoms. The summed E-state index contributed by atoms with van der Waals surface area (Å²) in [6.45, 7) is 3.34. The van der Waals surface area contributed by atoms with Crippen molar-refractivity contribution in [2.75, 3.05) is 19.6 Å². The molecule has 0 aliphatic carbocycles. The summed E-state index contributed by atoms with van der Waals surface area (Å²) in [5.74, 6) is 0.556. The van der Waals surface area contributed by atoms with Gasteiger partial charge in [0.25, 0.3) is 11.8 Å². The van der Waals surface area contributed by atoms with Gasteiger partial charge in [-0.25, -0.2) is 0 Å². The van der Waals surface area contributed by atoms with Crippen LogP contribution >= 0.6 is 23.7 Å². The van der Waals surface area contributed by atoms with E-state index in [1.807, 2.05) is 35.7 Å². The number of carbonyl (C=O) groups excluding carboxylic acids is 2. The largest absolute Gasteiger partial charge is 0.352 e. The maximum atomic E-state index is 12.2. The van der Waals surface area contributed by atoms with Crippen LogP contribution < -0.4 is 16.0 Å². The second-order valence-electron chi connectivity index (χ2n) is 6.61. The van der Waals surface area contributed by atoms with Crippen molar-refractivity contribution in [1.29, 1.82) is 0 Å². The van der Waals surface area contributed by atoms with Gasteiger partial charge in [-0.1, -0.05) is 18.2 Å². The van der Waals surface area contributed by atoms with E-state index in [2.05, 4.69) is 16.0 Å². The molecular formula is C20H26ClN3O2S. The summed E-state index contributed by atoms with van der Waals surface area (Å²) >= 11 is 1.42. The van der Waals surface area contributed by atoms with Crippen molar-refractivity contribution in [3.8, 4) is 0 Å². The average molecular weight is 408 g/mol. The maximum absolute atomic E-state index is 12.2. The number of amides is 2. The van der Waals surface area contributed by atoms with Gasteiger partial charge in [0.2, 0.25) is 0 Å². The van der Waals surface area contributed by atoms with Gasteiger partial charge in [0.05, 0.1) is 4.88 Å². The molecule has 3 N–H and O–H groups in total. The summed E-state index contributed by atoms with van der Waals surface area (Å²) < 4.78 is 0. The van der Waals surface area contributed by atoms with Gasteiger partial charge in [0.1, 0.15) is 0 Å². The zero-order valence-corrected chi connectivity index (χ0v) is 16.8. The molecule has 1 aromatic heterocycles. The summed E-state index contributed by atoms with van der Waals surface area (Å²) in [6, 6.07) is 11.0. The number of nitrogens with one attached hydrogen (secondary N) is 3. The molecule has 0 bridgehead atoms. The van der Waals surface area contributed by atoms with Gasteiger partial charge >= 0.3 is 0 Å². The summed E-state index contributed by atoms with van der Waals surface area (Å²) in [5, 5.41) is 11.2. The molecular weight excluding hydrogens is 382 g/mol. The smallest absolute Gasteiger partial charge is 0.261 e. The predicted octanol–water partition coefficient (Wildman–Crippen LogP) is 3.22. The van der Waals surface area contributed by atoms with Crippen LogP contribution in [0.2, 0.25) is 0 Å². The predicted molar refractivity (Wildman–Crippen MR) is 112 cm³/mol. The normalized spacial score (nSPS) is 16.2. The molecule has 1 aliphatic rings. The molecule has 0 saturated carbocycles. The first kappa shape index (κ1) is 21.4. The van der Waals surface area contributed by atoms with Crippen molar-refractivity contribution < 1.29 is 9.59 Å².